The molecule has 0 saturated heterocycles. The molecule has 1 unspecified atom stereocenters. The monoisotopic (exact) mass is 206 g/mol. The summed E-state index contributed by atoms with van der Waals surface area (Å²) in [6.07, 6.45) is 4.20. The van der Waals surface area contributed by atoms with Crippen LogP contribution in [0.15, 0.2) is 30.6 Å². The van der Waals surface area contributed by atoms with Crippen LogP contribution in [-0.4, -0.2) is 14.6 Å². The van der Waals surface area contributed by atoms with Gasteiger partial charge < -0.3 is 5.73 Å². The average Bonchev–Trinajstić information content (AvgIpc) is 2.72. The summed E-state index contributed by atoms with van der Waals surface area (Å²) < 4.78 is 3.78. The molecule has 0 spiro atoms. The number of hydrogen-bond donors (Lipinski definition) is 1. The zero-order valence-corrected chi connectivity index (χ0v) is 8.31. The van der Waals surface area contributed by atoms with Crippen molar-refractivity contribution < 1.29 is 0 Å². The van der Waals surface area contributed by atoms with Gasteiger partial charge >= 0.3 is 0 Å². The largest absolute Gasteiger partial charge is 0.323 e. The second-order valence-corrected chi connectivity index (χ2v) is 3.77. The molecule has 0 aromatic carbocycles. The number of rotatable bonds is 3. The molecular weight excluding hydrogens is 196 g/mol. The van der Waals surface area contributed by atoms with Crippen molar-refractivity contribution in [2.75, 3.05) is 0 Å². The normalized spacial score (nSPS) is 12.6. The lowest BCUT2D eigenvalue weighted by Gasteiger charge is -2.06. The molecule has 2 aromatic heterocycles. The number of hydrogen-bond acceptors (Lipinski definition) is 5. The van der Waals surface area contributed by atoms with Gasteiger partial charge in [0.15, 0.2) is 0 Å². The molecule has 0 aliphatic carbocycles. The van der Waals surface area contributed by atoms with Gasteiger partial charge in [-0.2, -0.15) is 0 Å². The van der Waals surface area contributed by atoms with Crippen molar-refractivity contribution in [3.8, 4) is 0 Å². The first-order chi connectivity index (χ1) is 6.86. The third kappa shape index (κ3) is 2.12. The highest BCUT2D eigenvalue weighted by atomic mass is 32.1. The Morgan fingerprint density at radius 3 is 3.00 bits per heavy atom. The van der Waals surface area contributed by atoms with E-state index in [1.54, 1.807) is 12.4 Å². The van der Waals surface area contributed by atoms with E-state index in [2.05, 4.69) is 14.6 Å². The van der Waals surface area contributed by atoms with E-state index < -0.39 is 0 Å². The molecule has 0 aliphatic rings. The Labute approximate surface area is 86.0 Å². The number of nitrogens with zero attached hydrogens (tertiary/aromatic N) is 3. The molecule has 0 fully saturated rings. The van der Waals surface area contributed by atoms with Crippen molar-refractivity contribution in [1.82, 2.24) is 14.6 Å². The summed E-state index contributed by atoms with van der Waals surface area (Å²) in [5.74, 6) is 0. The quantitative estimate of drug-likeness (QED) is 0.818. The van der Waals surface area contributed by atoms with E-state index in [9.17, 15) is 0 Å². The summed E-state index contributed by atoms with van der Waals surface area (Å²) in [4.78, 5) is 5.21. The van der Waals surface area contributed by atoms with Gasteiger partial charge in [-0.1, -0.05) is 10.6 Å². The van der Waals surface area contributed by atoms with Gasteiger partial charge in [-0.3, -0.25) is 4.98 Å². The van der Waals surface area contributed by atoms with E-state index in [1.807, 2.05) is 18.2 Å². The van der Waals surface area contributed by atoms with Crippen LogP contribution in [-0.2, 0) is 6.42 Å². The fourth-order valence-corrected chi connectivity index (χ4v) is 1.68. The zero-order chi connectivity index (χ0) is 9.80. The van der Waals surface area contributed by atoms with Crippen molar-refractivity contribution in [3.05, 3.63) is 41.2 Å². The molecule has 5 heteroatoms. The summed E-state index contributed by atoms with van der Waals surface area (Å²) in [6.45, 7) is 0. The maximum absolute atomic E-state index is 5.96. The molecule has 0 amide bonds. The SMILES string of the molecule is NC(Cc1ccccn1)c1cnns1. The lowest BCUT2D eigenvalue weighted by atomic mass is 10.1. The minimum absolute atomic E-state index is 0.0510. The fourth-order valence-electron chi connectivity index (χ4n) is 1.18. The van der Waals surface area contributed by atoms with Crippen LogP contribution in [0.3, 0.4) is 0 Å². The summed E-state index contributed by atoms with van der Waals surface area (Å²) >= 11 is 1.34. The van der Waals surface area contributed by atoms with Crippen molar-refractivity contribution in [1.29, 1.82) is 0 Å². The Morgan fingerprint density at radius 1 is 1.43 bits per heavy atom. The second-order valence-electron chi connectivity index (χ2n) is 2.95. The van der Waals surface area contributed by atoms with E-state index in [4.69, 9.17) is 5.73 Å². The van der Waals surface area contributed by atoms with Gasteiger partial charge in [-0.25, -0.2) is 0 Å². The molecule has 0 saturated carbocycles. The Hall–Kier alpha value is -1.33. The number of nitrogens with two attached hydrogens (primary N) is 1. The van der Waals surface area contributed by atoms with E-state index in [-0.39, 0.29) is 6.04 Å². The predicted octanol–water partition coefficient (Wildman–Crippen LogP) is 1.18. The molecule has 0 aliphatic heterocycles. The lowest BCUT2D eigenvalue weighted by molar-refractivity contribution is 0.718. The summed E-state index contributed by atoms with van der Waals surface area (Å²) in [6, 6.07) is 5.77. The smallest absolute Gasteiger partial charge is 0.0669 e. The van der Waals surface area contributed by atoms with Gasteiger partial charge in [0.25, 0.3) is 0 Å². The van der Waals surface area contributed by atoms with Gasteiger partial charge in [0, 0.05) is 24.4 Å². The van der Waals surface area contributed by atoms with Gasteiger partial charge in [-0.15, -0.1) is 5.10 Å². The molecule has 4 nitrogen and oxygen atoms in total. The summed E-state index contributed by atoms with van der Waals surface area (Å²) in [5.41, 5.74) is 6.96. The Bertz CT molecular complexity index is 373. The molecule has 14 heavy (non-hydrogen) atoms. The van der Waals surface area contributed by atoms with Crippen LogP contribution < -0.4 is 5.73 Å². The van der Waals surface area contributed by atoms with Crippen molar-refractivity contribution in [3.63, 3.8) is 0 Å². The molecule has 2 aromatic rings. The topological polar surface area (TPSA) is 64.7 Å². The van der Waals surface area contributed by atoms with E-state index in [0.717, 1.165) is 17.0 Å². The van der Waals surface area contributed by atoms with Gasteiger partial charge in [0.2, 0.25) is 0 Å². The predicted molar refractivity (Wildman–Crippen MR) is 54.8 cm³/mol. The number of aromatic nitrogens is 3. The van der Waals surface area contributed by atoms with Crippen LogP contribution in [0.25, 0.3) is 0 Å². The van der Waals surface area contributed by atoms with Crippen LogP contribution in [0.5, 0.6) is 0 Å². The van der Waals surface area contributed by atoms with Crippen LogP contribution in [0, 0.1) is 0 Å². The molecule has 0 bridgehead atoms. The van der Waals surface area contributed by atoms with E-state index in [1.165, 1.54) is 11.5 Å². The Balaban J connectivity index is 2.06. The summed E-state index contributed by atoms with van der Waals surface area (Å²) in [7, 11) is 0. The van der Waals surface area contributed by atoms with Crippen LogP contribution in [0.2, 0.25) is 0 Å². The van der Waals surface area contributed by atoms with E-state index >= 15 is 0 Å². The lowest BCUT2D eigenvalue weighted by Crippen LogP contribution is -2.12. The van der Waals surface area contributed by atoms with Crippen molar-refractivity contribution >= 4 is 11.5 Å². The molecule has 0 radical (unpaired) electrons. The zero-order valence-electron chi connectivity index (χ0n) is 7.50. The molecule has 2 N–H and O–H groups in total. The molecular formula is C9H10N4S. The first-order valence-electron chi connectivity index (χ1n) is 4.29. The van der Waals surface area contributed by atoms with Gasteiger partial charge in [0.1, 0.15) is 0 Å². The maximum Gasteiger partial charge on any atom is 0.0669 e. The minimum atomic E-state index is -0.0510. The molecule has 72 valence electrons. The van der Waals surface area contributed by atoms with Crippen molar-refractivity contribution in [2.24, 2.45) is 5.73 Å². The van der Waals surface area contributed by atoms with Gasteiger partial charge in [0.05, 0.1) is 11.1 Å². The number of pyridine rings is 1. The molecule has 2 heterocycles. The van der Waals surface area contributed by atoms with Crippen LogP contribution >= 0.6 is 11.5 Å². The second kappa shape index (κ2) is 4.26. The first kappa shape index (κ1) is 9.23. The average molecular weight is 206 g/mol. The highest BCUT2D eigenvalue weighted by Crippen LogP contribution is 2.16. The maximum atomic E-state index is 5.96. The first-order valence-corrected chi connectivity index (χ1v) is 5.06. The Kier molecular flexibility index (Phi) is 2.81. The van der Waals surface area contributed by atoms with Crippen LogP contribution in [0.1, 0.15) is 16.6 Å². The highest BCUT2D eigenvalue weighted by molar-refractivity contribution is 7.05. The third-order valence-corrected chi connectivity index (χ3v) is 2.69. The Morgan fingerprint density at radius 2 is 2.36 bits per heavy atom. The van der Waals surface area contributed by atoms with Crippen LogP contribution in [0.4, 0.5) is 0 Å². The third-order valence-electron chi connectivity index (χ3n) is 1.90. The molecule has 1 atom stereocenters. The summed E-state index contributed by atoms with van der Waals surface area (Å²) in [5, 5.41) is 3.75. The minimum Gasteiger partial charge on any atom is -0.323 e. The van der Waals surface area contributed by atoms with Gasteiger partial charge in [-0.05, 0) is 23.7 Å². The fraction of sp³-hybridized carbons (Fsp3) is 0.222. The standard InChI is InChI=1S/C9H10N4S/c10-8(9-6-12-13-14-9)5-7-3-1-2-4-11-7/h1-4,6,8H,5,10H2. The van der Waals surface area contributed by atoms with Crippen molar-refractivity contribution in [2.45, 2.75) is 12.5 Å². The molecule has 2 rings (SSSR count). The highest BCUT2D eigenvalue weighted by Gasteiger charge is 2.09. The van der Waals surface area contributed by atoms with E-state index in [0.29, 0.717) is 0 Å².